The minimum absolute atomic E-state index is 0.0643. The van der Waals surface area contributed by atoms with E-state index in [1.807, 2.05) is 36.4 Å². The quantitative estimate of drug-likeness (QED) is 0.665. The maximum Gasteiger partial charge on any atom is 0.307 e. The zero-order chi connectivity index (χ0) is 18.8. The molecule has 25 heavy (non-hydrogen) atoms. The Kier molecular flexibility index (Phi) is 9.41. The van der Waals surface area contributed by atoms with Crippen molar-refractivity contribution >= 4 is 43.7 Å². The number of halogens is 2. The summed E-state index contributed by atoms with van der Waals surface area (Å²) in [4.78, 5) is 26.5. The van der Waals surface area contributed by atoms with Crippen LogP contribution in [0.4, 0.5) is 0 Å². The summed E-state index contributed by atoms with van der Waals surface area (Å²) in [6.07, 6.45) is 0.434. The van der Waals surface area contributed by atoms with Crippen molar-refractivity contribution < 1.29 is 19.5 Å². The van der Waals surface area contributed by atoms with E-state index < -0.39 is 5.97 Å². The molecule has 0 aliphatic carbocycles. The van der Waals surface area contributed by atoms with Crippen LogP contribution in [-0.2, 0) is 27.3 Å². The van der Waals surface area contributed by atoms with E-state index in [0.717, 1.165) is 20.1 Å². The molecule has 0 heterocycles. The summed E-state index contributed by atoms with van der Waals surface area (Å²) in [6, 6.07) is 14.9. The van der Waals surface area contributed by atoms with Crippen molar-refractivity contribution in [3.63, 3.8) is 0 Å². The van der Waals surface area contributed by atoms with Gasteiger partial charge in [0.2, 0.25) is 5.91 Å². The maximum atomic E-state index is 11.4. The molecule has 2 aromatic rings. The molecular weight excluding hydrogens is 454 g/mol. The lowest BCUT2D eigenvalue weighted by molar-refractivity contribution is -0.167. The molecule has 0 radical (unpaired) electrons. The number of rotatable bonds is 5. The molecule has 0 saturated carbocycles. The van der Waals surface area contributed by atoms with Gasteiger partial charge in [-0.15, -0.1) is 0 Å². The SMILES string of the molecule is CON(C)C(=O)Cc1cccc(Br)c1.O=C(O)Cc1cccc(Br)c1. The number of carboxylic acid groups (broad SMARTS) is 1. The number of hydroxylamine groups is 2. The van der Waals surface area contributed by atoms with Gasteiger partial charge in [0.1, 0.15) is 0 Å². The third-order valence-corrected chi connectivity index (χ3v) is 4.10. The van der Waals surface area contributed by atoms with Crippen LogP contribution in [0.5, 0.6) is 0 Å². The first kappa shape index (κ1) is 21.3. The molecule has 0 aromatic heterocycles. The van der Waals surface area contributed by atoms with Crippen LogP contribution in [0.25, 0.3) is 0 Å². The van der Waals surface area contributed by atoms with Gasteiger partial charge in [0, 0.05) is 16.0 Å². The lowest BCUT2D eigenvalue weighted by Crippen LogP contribution is -2.26. The van der Waals surface area contributed by atoms with Crippen molar-refractivity contribution in [1.82, 2.24) is 5.06 Å². The second kappa shape index (κ2) is 11.0. The Morgan fingerprint density at radius 1 is 1.00 bits per heavy atom. The van der Waals surface area contributed by atoms with Gasteiger partial charge < -0.3 is 5.11 Å². The fraction of sp³-hybridized carbons (Fsp3) is 0.222. The largest absolute Gasteiger partial charge is 0.481 e. The van der Waals surface area contributed by atoms with E-state index in [4.69, 9.17) is 9.94 Å². The number of carboxylic acids is 1. The van der Waals surface area contributed by atoms with Crippen molar-refractivity contribution in [3.8, 4) is 0 Å². The Morgan fingerprint density at radius 3 is 1.88 bits per heavy atom. The fourth-order valence-corrected chi connectivity index (χ4v) is 2.75. The van der Waals surface area contributed by atoms with Gasteiger partial charge in [0.15, 0.2) is 0 Å². The number of carbonyl (C=O) groups excluding carboxylic acids is 1. The first-order valence-corrected chi connectivity index (χ1v) is 8.91. The lowest BCUT2D eigenvalue weighted by Gasteiger charge is -2.13. The molecule has 5 nitrogen and oxygen atoms in total. The summed E-state index contributed by atoms with van der Waals surface area (Å²) < 4.78 is 1.89. The highest BCUT2D eigenvalue weighted by Gasteiger charge is 2.08. The van der Waals surface area contributed by atoms with E-state index in [-0.39, 0.29) is 12.3 Å². The molecule has 0 unspecified atom stereocenters. The number of hydrogen-bond donors (Lipinski definition) is 1. The van der Waals surface area contributed by atoms with Crippen LogP contribution < -0.4 is 0 Å². The molecule has 0 fully saturated rings. The summed E-state index contributed by atoms with van der Waals surface area (Å²) in [5.74, 6) is -0.867. The summed E-state index contributed by atoms with van der Waals surface area (Å²) in [5.41, 5.74) is 1.78. The zero-order valence-electron chi connectivity index (χ0n) is 13.9. The second-order valence-electron chi connectivity index (χ2n) is 5.08. The van der Waals surface area contributed by atoms with Gasteiger partial charge in [0.05, 0.1) is 20.0 Å². The van der Waals surface area contributed by atoms with Crippen LogP contribution in [0.2, 0.25) is 0 Å². The molecule has 0 aliphatic heterocycles. The fourth-order valence-electron chi connectivity index (χ4n) is 1.86. The van der Waals surface area contributed by atoms with E-state index >= 15 is 0 Å². The first-order valence-electron chi connectivity index (χ1n) is 7.33. The van der Waals surface area contributed by atoms with Crippen molar-refractivity contribution in [3.05, 3.63) is 68.6 Å². The lowest BCUT2D eigenvalue weighted by atomic mass is 10.1. The number of likely N-dealkylation sites (N-methyl/N-ethyl adjacent to an activating group) is 1. The topological polar surface area (TPSA) is 66.8 Å². The number of benzene rings is 2. The van der Waals surface area contributed by atoms with Gasteiger partial charge in [-0.1, -0.05) is 56.1 Å². The highest BCUT2D eigenvalue weighted by Crippen LogP contribution is 2.13. The van der Waals surface area contributed by atoms with E-state index in [9.17, 15) is 9.59 Å². The molecule has 1 N–H and O–H groups in total. The minimum atomic E-state index is -0.803. The van der Waals surface area contributed by atoms with Crippen LogP contribution in [0.15, 0.2) is 57.5 Å². The molecule has 0 saturated heterocycles. The van der Waals surface area contributed by atoms with Gasteiger partial charge in [0.25, 0.3) is 0 Å². The Hall–Kier alpha value is -1.70. The predicted octanol–water partition coefficient (Wildman–Crippen LogP) is 4.09. The van der Waals surface area contributed by atoms with Crippen molar-refractivity contribution in [1.29, 1.82) is 0 Å². The normalized spacial score (nSPS) is 9.76. The minimum Gasteiger partial charge on any atom is -0.481 e. The first-order chi connectivity index (χ1) is 11.8. The number of nitrogens with zero attached hydrogens (tertiary/aromatic N) is 1. The molecule has 0 aliphatic rings. The van der Waals surface area contributed by atoms with Gasteiger partial charge in [-0.05, 0) is 35.4 Å². The van der Waals surface area contributed by atoms with Crippen LogP contribution in [-0.4, -0.2) is 36.2 Å². The van der Waals surface area contributed by atoms with E-state index in [1.165, 1.54) is 12.2 Å². The molecule has 2 rings (SSSR count). The number of amides is 1. The molecule has 2 aromatic carbocycles. The predicted molar refractivity (Wildman–Crippen MR) is 103 cm³/mol. The van der Waals surface area contributed by atoms with Crippen molar-refractivity contribution in [2.45, 2.75) is 12.8 Å². The third-order valence-electron chi connectivity index (χ3n) is 3.11. The highest BCUT2D eigenvalue weighted by molar-refractivity contribution is 9.10. The van der Waals surface area contributed by atoms with Crippen molar-refractivity contribution in [2.75, 3.05) is 14.2 Å². The third kappa shape index (κ3) is 8.81. The van der Waals surface area contributed by atoms with Gasteiger partial charge in [-0.25, -0.2) is 5.06 Å². The summed E-state index contributed by atoms with van der Waals surface area (Å²) in [5, 5.41) is 9.67. The van der Waals surface area contributed by atoms with Crippen LogP contribution in [0.1, 0.15) is 11.1 Å². The zero-order valence-corrected chi connectivity index (χ0v) is 17.1. The van der Waals surface area contributed by atoms with Gasteiger partial charge in [-0.3, -0.25) is 14.4 Å². The summed E-state index contributed by atoms with van der Waals surface area (Å²) >= 11 is 6.61. The highest BCUT2D eigenvalue weighted by atomic mass is 79.9. The maximum absolute atomic E-state index is 11.4. The smallest absolute Gasteiger partial charge is 0.307 e. The number of hydrogen-bond acceptors (Lipinski definition) is 3. The van der Waals surface area contributed by atoms with Gasteiger partial charge >= 0.3 is 5.97 Å². The van der Waals surface area contributed by atoms with Crippen LogP contribution in [0, 0.1) is 0 Å². The second-order valence-corrected chi connectivity index (χ2v) is 6.91. The standard InChI is InChI=1S/C10H12BrNO2.C8H7BrO2/c1-12(14-2)10(13)7-8-4-3-5-9(11)6-8;9-7-3-1-2-6(4-7)5-8(10)11/h3-6H,7H2,1-2H3;1-4H,5H2,(H,10,11). The monoisotopic (exact) mass is 471 g/mol. The number of carbonyl (C=O) groups is 2. The summed E-state index contributed by atoms with van der Waals surface area (Å²) in [6.45, 7) is 0. The molecule has 134 valence electrons. The Morgan fingerprint density at radius 2 is 1.48 bits per heavy atom. The Balaban J connectivity index is 0.000000257. The molecule has 0 spiro atoms. The molecular formula is C18H19Br2NO4. The molecule has 7 heteroatoms. The van der Waals surface area contributed by atoms with E-state index in [2.05, 4.69) is 31.9 Å². The molecule has 0 atom stereocenters. The van der Waals surface area contributed by atoms with Gasteiger partial charge in [-0.2, -0.15) is 0 Å². The average molecular weight is 473 g/mol. The van der Waals surface area contributed by atoms with Crippen molar-refractivity contribution in [2.24, 2.45) is 0 Å². The van der Waals surface area contributed by atoms with E-state index in [1.54, 1.807) is 19.2 Å². The average Bonchev–Trinajstić information content (AvgIpc) is 2.54. The molecule has 0 bridgehead atoms. The number of aliphatic carboxylic acids is 1. The van der Waals surface area contributed by atoms with Crippen LogP contribution >= 0.6 is 31.9 Å². The van der Waals surface area contributed by atoms with Crippen LogP contribution in [0.3, 0.4) is 0 Å². The Labute approximate surface area is 163 Å². The molecule has 1 amide bonds. The van der Waals surface area contributed by atoms with E-state index in [0.29, 0.717) is 6.42 Å². The Bertz CT molecular complexity index is 722. The summed E-state index contributed by atoms with van der Waals surface area (Å²) in [7, 11) is 3.07.